The Bertz CT molecular complexity index is 792. The van der Waals surface area contributed by atoms with E-state index in [1.165, 1.54) is 31.3 Å². The second kappa shape index (κ2) is 5.59. The van der Waals surface area contributed by atoms with Crippen LogP contribution in [-0.2, 0) is 4.79 Å². The number of nitriles is 1. The highest BCUT2D eigenvalue weighted by atomic mass is 16.1. The Hall–Kier alpha value is -1.36. The lowest BCUT2D eigenvalue weighted by atomic mass is 9.45. The van der Waals surface area contributed by atoms with Gasteiger partial charge in [-0.05, 0) is 74.0 Å². The van der Waals surface area contributed by atoms with Crippen LogP contribution in [0.3, 0.4) is 0 Å². The molecule has 0 aliphatic heterocycles. The molecule has 6 atom stereocenters. The third-order valence-electron chi connectivity index (χ3n) is 10.1. The Labute approximate surface area is 164 Å². The summed E-state index contributed by atoms with van der Waals surface area (Å²) in [5, 5.41) is 9.77. The van der Waals surface area contributed by atoms with E-state index in [9.17, 15) is 10.1 Å². The van der Waals surface area contributed by atoms with Gasteiger partial charge in [0, 0.05) is 5.41 Å². The average molecular weight is 364 g/mol. The molecule has 0 N–H and O–H groups in total. The Balaban J connectivity index is 1.63. The van der Waals surface area contributed by atoms with Crippen molar-refractivity contribution in [1.29, 1.82) is 5.26 Å². The predicted molar refractivity (Wildman–Crippen MR) is 107 cm³/mol. The van der Waals surface area contributed by atoms with Crippen LogP contribution in [0.25, 0.3) is 0 Å². The summed E-state index contributed by atoms with van der Waals surface area (Å²) in [6.45, 7) is 7.39. The lowest BCUT2D eigenvalue weighted by Gasteiger charge is -2.58. The zero-order chi connectivity index (χ0) is 19.0. The third kappa shape index (κ3) is 2.04. The van der Waals surface area contributed by atoms with Crippen molar-refractivity contribution in [3.63, 3.8) is 0 Å². The van der Waals surface area contributed by atoms with Crippen molar-refractivity contribution in [2.45, 2.75) is 78.6 Å². The van der Waals surface area contributed by atoms with Gasteiger partial charge in [0.2, 0.25) is 0 Å². The molecule has 3 saturated carbocycles. The van der Waals surface area contributed by atoms with Crippen molar-refractivity contribution in [2.75, 3.05) is 0 Å². The molecule has 0 aromatic carbocycles. The number of Topliss-reactive ketones (excluding diaryl/α,β-unsaturated/α-hetero) is 1. The van der Waals surface area contributed by atoms with Crippen LogP contribution in [0, 0.1) is 51.2 Å². The summed E-state index contributed by atoms with van der Waals surface area (Å²) in [7, 11) is 0. The van der Waals surface area contributed by atoms with Gasteiger partial charge in [0.25, 0.3) is 0 Å². The molecule has 5 aliphatic rings. The minimum atomic E-state index is -0.344. The van der Waals surface area contributed by atoms with Gasteiger partial charge in [-0.1, -0.05) is 51.3 Å². The van der Waals surface area contributed by atoms with Crippen molar-refractivity contribution in [3.05, 3.63) is 23.3 Å². The summed E-state index contributed by atoms with van der Waals surface area (Å²) in [5.74, 6) is 3.12. The minimum absolute atomic E-state index is 0.0839. The van der Waals surface area contributed by atoms with Gasteiger partial charge in [-0.25, -0.2) is 0 Å². The molecular formula is C25H33NO. The van der Waals surface area contributed by atoms with Crippen molar-refractivity contribution in [1.82, 2.24) is 0 Å². The van der Waals surface area contributed by atoms with E-state index in [2.05, 4.69) is 39.0 Å². The maximum absolute atomic E-state index is 13.3. The number of carbonyl (C=O) groups is 1. The molecule has 0 amide bonds. The fraction of sp³-hybridized carbons (Fsp3) is 0.760. The number of nitrogens with zero attached hydrogens (tertiary/aromatic N) is 1. The number of allylic oxidation sites excluding steroid dienone is 4. The first kappa shape index (κ1) is 17.7. The summed E-state index contributed by atoms with van der Waals surface area (Å²) in [5.41, 5.74) is 1.95. The molecule has 2 nitrogen and oxygen atoms in total. The van der Waals surface area contributed by atoms with Gasteiger partial charge in [0.1, 0.15) is 6.07 Å². The van der Waals surface area contributed by atoms with Crippen LogP contribution >= 0.6 is 0 Å². The molecule has 0 aromatic rings. The molecule has 1 spiro atoms. The van der Waals surface area contributed by atoms with Crippen LogP contribution in [-0.4, -0.2) is 5.78 Å². The Morgan fingerprint density at radius 2 is 1.81 bits per heavy atom. The fourth-order valence-corrected chi connectivity index (χ4v) is 8.50. The van der Waals surface area contributed by atoms with E-state index in [4.69, 9.17) is 0 Å². The topological polar surface area (TPSA) is 40.9 Å². The van der Waals surface area contributed by atoms with Crippen LogP contribution in [0.2, 0.25) is 0 Å². The van der Waals surface area contributed by atoms with Crippen molar-refractivity contribution < 1.29 is 4.79 Å². The van der Waals surface area contributed by atoms with Gasteiger partial charge in [-0.2, -0.15) is 5.26 Å². The number of carbonyl (C=O) groups excluding carboxylic acids is 1. The summed E-state index contributed by atoms with van der Waals surface area (Å²) >= 11 is 0. The van der Waals surface area contributed by atoms with E-state index in [1.807, 2.05) is 0 Å². The van der Waals surface area contributed by atoms with Gasteiger partial charge < -0.3 is 0 Å². The van der Waals surface area contributed by atoms with Crippen LogP contribution < -0.4 is 0 Å². The molecular weight excluding hydrogens is 330 g/mol. The molecule has 0 radical (unpaired) electrons. The van der Waals surface area contributed by atoms with E-state index in [0.717, 1.165) is 49.9 Å². The quantitative estimate of drug-likeness (QED) is 0.496. The second-order valence-corrected chi connectivity index (χ2v) is 10.8. The van der Waals surface area contributed by atoms with Crippen LogP contribution in [0.1, 0.15) is 78.6 Å². The van der Waals surface area contributed by atoms with Crippen LogP contribution in [0.15, 0.2) is 23.3 Å². The summed E-state index contributed by atoms with van der Waals surface area (Å²) < 4.78 is 0. The van der Waals surface area contributed by atoms with Crippen LogP contribution in [0.4, 0.5) is 0 Å². The number of ketones is 1. The highest BCUT2D eigenvalue weighted by Gasteiger charge is 2.62. The normalized spacial score (nSPS) is 47.6. The fourth-order valence-electron chi connectivity index (χ4n) is 8.50. The monoisotopic (exact) mass is 363 g/mol. The van der Waals surface area contributed by atoms with Crippen molar-refractivity contribution in [2.24, 2.45) is 39.9 Å². The first-order chi connectivity index (χ1) is 12.9. The van der Waals surface area contributed by atoms with Gasteiger partial charge in [0.15, 0.2) is 5.78 Å². The van der Waals surface area contributed by atoms with Crippen molar-refractivity contribution in [3.8, 4) is 6.07 Å². The van der Waals surface area contributed by atoms with E-state index < -0.39 is 0 Å². The highest BCUT2D eigenvalue weighted by Crippen LogP contribution is 2.68. The zero-order valence-electron chi connectivity index (χ0n) is 17.2. The first-order valence-electron chi connectivity index (χ1n) is 11.3. The summed E-state index contributed by atoms with van der Waals surface area (Å²) in [6.07, 6.45) is 15.3. The largest absolute Gasteiger partial charge is 0.292 e. The molecule has 2 heteroatoms. The van der Waals surface area contributed by atoms with E-state index in [-0.39, 0.29) is 16.6 Å². The molecule has 0 bridgehead atoms. The number of hydrogen-bond acceptors (Lipinski definition) is 2. The van der Waals surface area contributed by atoms with Gasteiger partial charge in [-0.15, -0.1) is 0 Å². The molecule has 0 unspecified atom stereocenters. The molecule has 5 rings (SSSR count). The number of fused-ring (bicyclic) bond motifs is 6. The maximum Gasteiger partial charge on any atom is 0.183 e. The average Bonchev–Trinajstić information content (AvgIpc) is 3.25. The molecule has 0 saturated heterocycles. The lowest BCUT2D eigenvalue weighted by molar-refractivity contribution is -0.125. The van der Waals surface area contributed by atoms with E-state index in [1.54, 1.807) is 0 Å². The maximum atomic E-state index is 13.3. The smallest absolute Gasteiger partial charge is 0.183 e. The molecule has 27 heavy (non-hydrogen) atoms. The Kier molecular flexibility index (Phi) is 3.67. The molecule has 5 aliphatic carbocycles. The van der Waals surface area contributed by atoms with Gasteiger partial charge >= 0.3 is 0 Å². The summed E-state index contributed by atoms with van der Waals surface area (Å²) in [6, 6.07) is 2.30. The van der Waals surface area contributed by atoms with Gasteiger partial charge in [0.05, 0.1) is 11.0 Å². The number of rotatable bonds is 0. The molecule has 0 aromatic heterocycles. The van der Waals surface area contributed by atoms with Gasteiger partial charge in [-0.3, -0.25) is 4.79 Å². The first-order valence-corrected chi connectivity index (χ1v) is 11.3. The predicted octanol–water partition coefficient (Wildman–Crippen LogP) is 5.99. The third-order valence-corrected chi connectivity index (χ3v) is 10.1. The minimum Gasteiger partial charge on any atom is -0.292 e. The standard InChI is InChI=1S/C25H33NO/c1-16-6-8-19-18-7-9-21-24(3,20(18)10-13-23(16,19)2)14-17(15-26)22(27)25(21)11-4-5-12-25/h9,14,16,18-20H,4-8,10-13H2,1-3H3/t16-,18-,19-,20-,23+,24+/m0/s1. The second-order valence-electron chi connectivity index (χ2n) is 10.8. The SMILES string of the molecule is C[C@H]1CC[C@H]2[C@@H]3CC=C4C5(CCCC5)C(=O)C(C#N)=C[C@]4(C)[C@H]3CC[C@]12C. The lowest BCUT2D eigenvalue weighted by Crippen LogP contribution is -2.53. The zero-order valence-corrected chi connectivity index (χ0v) is 17.2. The Morgan fingerprint density at radius 1 is 1.07 bits per heavy atom. The molecule has 3 fully saturated rings. The molecule has 0 heterocycles. The highest BCUT2D eigenvalue weighted by molar-refractivity contribution is 6.07. The van der Waals surface area contributed by atoms with E-state index in [0.29, 0.717) is 16.9 Å². The summed E-state index contributed by atoms with van der Waals surface area (Å²) in [4.78, 5) is 13.3. The Morgan fingerprint density at radius 3 is 2.52 bits per heavy atom. The molecule has 144 valence electrons. The van der Waals surface area contributed by atoms with Crippen LogP contribution in [0.5, 0.6) is 0 Å². The number of hydrogen-bond donors (Lipinski definition) is 0. The van der Waals surface area contributed by atoms with E-state index >= 15 is 0 Å². The van der Waals surface area contributed by atoms with Crippen molar-refractivity contribution >= 4 is 5.78 Å².